The van der Waals surface area contributed by atoms with Crippen molar-refractivity contribution in [2.75, 3.05) is 0 Å². The third kappa shape index (κ3) is 3.09. The van der Waals surface area contributed by atoms with Crippen LogP contribution in [0.15, 0.2) is 0 Å². The Morgan fingerprint density at radius 2 is 1.76 bits per heavy atom. The molecule has 0 aliphatic heterocycles. The van der Waals surface area contributed by atoms with Crippen LogP contribution in [0.25, 0.3) is 0 Å². The highest BCUT2D eigenvalue weighted by Crippen LogP contribution is 2.41. The topological polar surface area (TPSA) is 37.3 Å². The van der Waals surface area contributed by atoms with Crippen LogP contribution in [0.4, 0.5) is 0 Å². The van der Waals surface area contributed by atoms with E-state index in [0.717, 1.165) is 32.1 Å². The molecule has 0 spiro atoms. The van der Waals surface area contributed by atoms with E-state index in [2.05, 4.69) is 6.92 Å². The number of Topliss-reactive ketones (excluding diaryl/α,β-unsaturated/α-hetero) is 1. The molecule has 0 bridgehead atoms. The number of ketones is 1. The first kappa shape index (κ1) is 13.1. The standard InChI is InChI=1S/C15H26O2/c1-12-10-14(16)13-8-6-4-2-3-5-7-9-15(13,17)11-12/h12-13,17H,2-11H2,1H3. The zero-order valence-electron chi connectivity index (χ0n) is 11.1. The van der Waals surface area contributed by atoms with Gasteiger partial charge in [-0.05, 0) is 25.2 Å². The second-order valence-corrected chi connectivity index (χ2v) is 6.30. The maximum absolute atomic E-state index is 12.1. The second kappa shape index (κ2) is 5.51. The van der Waals surface area contributed by atoms with Gasteiger partial charge >= 0.3 is 0 Å². The van der Waals surface area contributed by atoms with E-state index in [4.69, 9.17) is 0 Å². The van der Waals surface area contributed by atoms with Crippen molar-refractivity contribution in [3.05, 3.63) is 0 Å². The molecule has 17 heavy (non-hydrogen) atoms. The van der Waals surface area contributed by atoms with Crippen LogP contribution in [0, 0.1) is 11.8 Å². The number of rotatable bonds is 0. The minimum absolute atomic E-state index is 0.0585. The van der Waals surface area contributed by atoms with Crippen molar-refractivity contribution < 1.29 is 9.90 Å². The molecule has 0 amide bonds. The highest BCUT2D eigenvalue weighted by atomic mass is 16.3. The third-order valence-corrected chi connectivity index (χ3v) is 4.64. The summed E-state index contributed by atoms with van der Waals surface area (Å²) in [6.45, 7) is 2.10. The normalized spacial score (nSPS) is 40.7. The van der Waals surface area contributed by atoms with Crippen LogP contribution in [0.5, 0.6) is 0 Å². The molecule has 0 aromatic rings. The quantitative estimate of drug-likeness (QED) is 0.701. The second-order valence-electron chi connectivity index (χ2n) is 6.30. The molecule has 0 radical (unpaired) electrons. The van der Waals surface area contributed by atoms with Crippen LogP contribution in [-0.2, 0) is 4.79 Å². The van der Waals surface area contributed by atoms with Gasteiger partial charge in [-0.1, -0.05) is 45.4 Å². The van der Waals surface area contributed by atoms with Gasteiger partial charge in [0.05, 0.1) is 5.60 Å². The molecule has 0 aromatic heterocycles. The average Bonchev–Trinajstić information content (AvgIpc) is 2.25. The van der Waals surface area contributed by atoms with Gasteiger partial charge < -0.3 is 5.11 Å². The summed E-state index contributed by atoms with van der Waals surface area (Å²) in [5, 5.41) is 10.8. The minimum atomic E-state index is -0.675. The molecule has 2 saturated carbocycles. The minimum Gasteiger partial charge on any atom is -0.389 e. The van der Waals surface area contributed by atoms with E-state index in [-0.39, 0.29) is 5.92 Å². The third-order valence-electron chi connectivity index (χ3n) is 4.64. The number of carbonyl (C=O) groups is 1. The molecular weight excluding hydrogens is 212 g/mol. The Morgan fingerprint density at radius 1 is 1.12 bits per heavy atom. The van der Waals surface area contributed by atoms with Crippen LogP contribution in [0.3, 0.4) is 0 Å². The molecule has 3 unspecified atom stereocenters. The van der Waals surface area contributed by atoms with E-state index in [1.807, 2.05) is 0 Å². The first-order chi connectivity index (χ1) is 8.12. The predicted octanol–water partition coefficient (Wildman–Crippen LogP) is 3.47. The predicted molar refractivity (Wildman–Crippen MR) is 68.8 cm³/mol. The molecule has 2 fully saturated rings. The first-order valence-electron chi connectivity index (χ1n) is 7.37. The number of aliphatic hydroxyl groups is 1. The Hall–Kier alpha value is -0.370. The van der Waals surface area contributed by atoms with Crippen molar-refractivity contribution in [1.29, 1.82) is 0 Å². The molecule has 2 aliphatic rings. The summed E-state index contributed by atoms with van der Waals surface area (Å²) < 4.78 is 0. The molecule has 2 rings (SSSR count). The highest BCUT2D eigenvalue weighted by molar-refractivity contribution is 5.83. The van der Waals surface area contributed by atoms with Gasteiger partial charge in [-0.2, -0.15) is 0 Å². The lowest BCUT2D eigenvalue weighted by Gasteiger charge is -2.42. The van der Waals surface area contributed by atoms with Gasteiger partial charge in [-0.3, -0.25) is 4.79 Å². The molecule has 0 saturated heterocycles. The van der Waals surface area contributed by atoms with E-state index in [9.17, 15) is 9.90 Å². The molecule has 2 nitrogen and oxygen atoms in total. The fraction of sp³-hybridized carbons (Fsp3) is 0.933. The summed E-state index contributed by atoms with van der Waals surface area (Å²) in [6, 6.07) is 0. The number of hydrogen-bond donors (Lipinski definition) is 1. The summed E-state index contributed by atoms with van der Waals surface area (Å²) in [5.74, 6) is 0.635. The fourth-order valence-electron chi connectivity index (χ4n) is 3.80. The smallest absolute Gasteiger partial charge is 0.139 e. The SMILES string of the molecule is CC1CC(=O)C2CCCCCCCCC2(O)C1. The number of carbonyl (C=O) groups excluding carboxylic acids is 1. The Morgan fingerprint density at radius 3 is 2.53 bits per heavy atom. The van der Waals surface area contributed by atoms with Gasteiger partial charge in [0.2, 0.25) is 0 Å². The van der Waals surface area contributed by atoms with E-state index in [1.165, 1.54) is 25.7 Å². The van der Waals surface area contributed by atoms with Crippen molar-refractivity contribution in [1.82, 2.24) is 0 Å². The highest BCUT2D eigenvalue weighted by Gasteiger charge is 2.45. The van der Waals surface area contributed by atoms with Gasteiger partial charge in [0.15, 0.2) is 0 Å². The lowest BCUT2D eigenvalue weighted by atomic mass is 9.66. The van der Waals surface area contributed by atoms with Gasteiger partial charge in [0.1, 0.15) is 5.78 Å². The van der Waals surface area contributed by atoms with E-state index in [1.54, 1.807) is 0 Å². The molecule has 1 N–H and O–H groups in total. The van der Waals surface area contributed by atoms with E-state index < -0.39 is 5.60 Å². The average molecular weight is 238 g/mol. The lowest BCUT2D eigenvalue weighted by molar-refractivity contribution is -0.144. The summed E-state index contributed by atoms with van der Waals surface area (Å²) >= 11 is 0. The Kier molecular flexibility index (Phi) is 4.24. The number of hydrogen-bond acceptors (Lipinski definition) is 2. The first-order valence-corrected chi connectivity index (χ1v) is 7.37. The molecular formula is C15H26O2. The maximum atomic E-state index is 12.1. The van der Waals surface area contributed by atoms with Crippen molar-refractivity contribution >= 4 is 5.78 Å². The van der Waals surface area contributed by atoms with Crippen LogP contribution >= 0.6 is 0 Å². The van der Waals surface area contributed by atoms with Crippen LogP contribution < -0.4 is 0 Å². The largest absolute Gasteiger partial charge is 0.389 e. The molecule has 2 heteroatoms. The Bertz CT molecular complexity index is 274. The summed E-state index contributed by atoms with van der Waals surface area (Å²) in [4.78, 5) is 12.1. The van der Waals surface area contributed by atoms with Gasteiger partial charge in [-0.15, -0.1) is 0 Å². The molecule has 2 aliphatic carbocycles. The zero-order chi connectivity index (χ0) is 12.3. The van der Waals surface area contributed by atoms with Crippen molar-refractivity contribution in [2.24, 2.45) is 11.8 Å². The van der Waals surface area contributed by atoms with E-state index >= 15 is 0 Å². The maximum Gasteiger partial charge on any atom is 0.139 e. The Balaban J connectivity index is 2.10. The van der Waals surface area contributed by atoms with Crippen LogP contribution in [0.1, 0.15) is 71.1 Å². The fourth-order valence-corrected chi connectivity index (χ4v) is 3.80. The van der Waals surface area contributed by atoms with Gasteiger partial charge in [0.25, 0.3) is 0 Å². The molecule has 3 atom stereocenters. The van der Waals surface area contributed by atoms with Crippen molar-refractivity contribution in [2.45, 2.75) is 76.7 Å². The molecule has 98 valence electrons. The van der Waals surface area contributed by atoms with Gasteiger partial charge in [0, 0.05) is 12.3 Å². The molecule has 0 heterocycles. The lowest BCUT2D eigenvalue weighted by Crippen LogP contribution is -2.48. The van der Waals surface area contributed by atoms with E-state index in [0.29, 0.717) is 18.1 Å². The van der Waals surface area contributed by atoms with Crippen LogP contribution in [0.2, 0.25) is 0 Å². The zero-order valence-corrected chi connectivity index (χ0v) is 11.1. The van der Waals surface area contributed by atoms with Gasteiger partial charge in [-0.25, -0.2) is 0 Å². The summed E-state index contributed by atoms with van der Waals surface area (Å²) in [6.07, 6.45) is 10.5. The monoisotopic (exact) mass is 238 g/mol. The Labute approximate surface area is 105 Å². The van der Waals surface area contributed by atoms with Crippen molar-refractivity contribution in [3.63, 3.8) is 0 Å². The van der Waals surface area contributed by atoms with Crippen LogP contribution in [-0.4, -0.2) is 16.5 Å². The van der Waals surface area contributed by atoms with Crippen molar-refractivity contribution in [3.8, 4) is 0 Å². The number of fused-ring (bicyclic) bond motifs is 1. The summed E-state index contributed by atoms with van der Waals surface area (Å²) in [7, 11) is 0. The summed E-state index contributed by atoms with van der Waals surface area (Å²) in [5.41, 5.74) is -0.675. The molecule has 0 aromatic carbocycles.